The smallest absolute Gasteiger partial charge is 0.313 e. The van der Waals surface area contributed by atoms with Crippen LogP contribution in [0.25, 0.3) is 0 Å². The van der Waals surface area contributed by atoms with Gasteiger partial charge in [0.25, 0.3) is 0 Å². The quantitative estimate of drug-likeness (QED) is 0.485. The highest BCUT2D eigenvalue weighted by Gasteiger charge is 2.49. The fraction of sp³-hybridized carbons (Fsp3) is 0.500. The molecule has 1 aliphatic rings. The molecule has 0 spiro atoms. The van der Waals surface area contributed by atoms with Crippen LogP contribution >= 0.6 is 15.9 Å². The summed E-state index contributed by atoms with van der Waals surface area (Å²) in [6.07, 6.45) is 0.674. The summed E-state index contributed by atoms with van der Waals surface area (Å²) in [5.41, 5.74) is -0.425. The van der Waals surface area contributed by atoms with Gasteiger partial charge in [-0.2, -0.15) is 0 Å². The van der Waals surface area contributed by atoms with Crippen LogP contribution in [-0.2, 0) is 0 Å². The van der Waals surface area contributed by atoms with Gasteiger partial charge < -0.3 is 4.74 Å². The van der Waals surface area contributed by atoms with Gasteiger partial charge in [-0.05, 0) is 18.6 Å². The highest BCUT2D eigenvalue weighted by molar-refractivity contribution is 9.09. The Morgan fingerprint density at radius 1 is 1.56 bits per heavy atom. The second-order valence-electron chi connectivity index (χ2n) is 5.00. The number of hydrogen-bond acceptors (Lipinski definition) is 3. The Labute approximate surface area is 112 Å². The Morgan fingerprint density at radius 3 is 2.72 bits per heavy atom. The van der Waals surface area contributed by atoms with Crippen molar-refractivity contribution >= 4 is 21.6 Å². The third-order valence-electron chi connectivity index (χ3n) is 3.45. The molecule has 18 heavy (non-hydrogen) atoms. The molecule has 2 rings (SSSR count). The van der Waals surface area contributed by atoms with Gasteiger partial charge in [0.15, 0.2) is 5.75 Å². The van der Waals surface area contributed by atoms with Crippen LogP contribution in [0.1, 0.15) is 20.3 Å². The lowest BCUT2D eigenvalue weighted by Gasteiger charge is -2.48. The molecule has 4 nitrogen and oxygen atoms in total. The number of alkyl halides is 1. The molecule has 1 aromatic carbocycles. The molecule has 1 aliphatic carbocycles. The third kappa shape index (κ3) is 2.21. The van der Waals surface area contributed by atoms with E-state index in [1.54, 1.807) is 0 Å². The Morgan fingerprint density at radius 2 is 2.22 bits per heavy atom. The maximum atomic E-state index is 13.0. The highest BCUT2D eigenvalue weighted by Crippen LogP contribution is 2.48. The molecule has 0 amide bonds. The highest BCUT2D eigenvalue weighted by atomic mass is 79.9. The molecule has 0 saturated heterocycles. The van der Waals surface area contributed by atoms with Crippen LogP contribution in [0.4, 0.5) is 10.1 Å². The first-order valence-electron chi connectivity index (χ1n) is 5.57. The first-order valence-corrected chi connectivity index (χ1v) is 6.48. The number of rotatable bonds is 3. The molecular weight excluding hydrogens is 305 g/mol. The third-order valence-corrected chi connectivity index (χ3v) is 5.00. The van der Waals surface area contributed by atoms with Gasteiger partial charge in [-0.1, -0.05) is 29.8 Å². The zero-order chi connectivity index (χ0) is 13.5. The number of halogens is 2. The number of nitro groups is 1. The Kier molecular flexibility index (Phi) is 3.31. The molecule has 2 atom stereocenters. The van der Waals surface area contributed by atoms with Gasteiger partial charge in [-0.3, -0.25) is 10.1 Å². The lowest BCUT2D eigenvalue weighted by molar-refractivity contribution is -0.386. The van der Waals surface area contributed by atoms with Crippen LogP contribution in [-0.4, -0.2) is 15.9 Å². The maximum Gasteiger partial charge on any atom is 0.313 e. The van der Waals surface area contributed by atoms with Crippen LogP contribution in [0.15, 0.2) is 18.2 Å². The van der Waals surface area contributed by atoms with Gasteiger partial charge in [0.1, 0.15) is 11.9 Å². The van der Waals surface area contributed by atoms with Gasteiger partial charge in [-0.15, -0.1) is 0 Å². The van der Waals surface area contributed by atoms with Crippen LogP contribution in [0.2, 0.25) is 0 Å². The summed E-state index contributed by atoms with van der Waals surface area (Å²) in [4.78, 5) is 10.5. The second-order valence-corrected chi connectivity index (χ2v) is 6.11. The fourth-order valence-electron chi connectivity index (χ4n) is 1.92. The summed E-state index contributed by atoms with van der Waals surface area (Å²) in [7, 11) is 0. The van der Waals surface area contributed by atoms with Gasteiger partial charge in [-0.25, -0.2) is 4.39 Å². The zero-order valence-corrected chi connectivity index (χ0v) is 11.6. The number of nitrogens with zero attached hydrogens (tertiary/aromatic N) is 1. The van der Waals surface area contributed by atoms with E-state index >= 15 is 0 Å². The van der Waals surface area contributed by atoms with Gasteiger partial charge in [0, 0.05) is 10.2 Å². The van der Waals surface area contributed by atoms with Crippen molar-refractivity contribution in [2.75, 3.05) is 0 Å². The van der Waals surface area contributed by atoms with Gasteiger partial charge in [0.05, 0.1) is 11.0 Å². The number of ether oxygens (including phenoxy) is 1. The predicted octanol–water partition coefficient (Wildman–Crippen LogP) is 3.67. The van der Waals surface area contributed by atoms with E-state index in [0.29, 0.717) is 4.83 Å². The maximum absolute atomic E-state index is 13.0. The summed E-state index contributed by atoms with van der Waals surface area (Å²) in [5, 5.41) is 10.8. The van der Waals surface area contributed by atoms with Crippen molar-refractivity contribution in [1.82, 2.24) is 0 Å². The average molecular weight is 318 g/mol. The SMILES string of the molecule is CC1(C)C(Br)CC1Oc1ccc(F)cc1[N+](=O)[O-]. The fourth-order valence-corrected chi connectivity index (χ4v) is 2.56. The number of nitro benzene ring substituents is 1. The zero-order valence-electron chi connectivity index (χ0n) is 10.0. The van der Waals surface area contributed by atoms with E-state index in [1.807, 2.05) is 13.8 Å². The van der Waals surface area contributed by atoms with E-state index in [4.69, 9.17) is 4.74 Å². The molecule has 2 unspecified atom stereocenters. The van der Waals surface area contributed by atoms with Crippen molar-refractivity contribution in [2.24, 2.45) is 5.41 Å². The van der Waals surface area contributed by atoms with Crippen LogP contribution in [0.3, 0.4) is 0 Å². The number of benzene rings is 1. The topological polar surface area (TPSA) is 52.4 Å². The summed E-state index contributed by atoms with van der Waals surface area (Å²) in [6.45, 7) is 4.05. The first kappa shape index (κ1) is 13.3. The molecule has 0 N–H and O–H groups in total. The van der Waals surface area contributed by atoms with Gasteiger partial charge >= 0.3 is 5.69 Å². The largest absolute Gasteiger partial charge is 0.483 e. The molecule has 1 saturated carbocycles. The predicted molar refractivity (Wildman–Crippen MR) is 68.6 cm³/mol. The molecular formula is C12H13BrFNO3. The summed E-state index contributed by atoms with van der Waals surface area (Å²) in [5.74, 6) is -0.515. The standard InChI is InChI=1S/C12H13BrFNO3/c1-12(2)10(13)6-11(12)18-9-4-3-7(14)5-8(9)15(16)17/h3-5,10-11H,6H2,1-2H3. The van der Waals surface area contributed by atoms with E-state index in [1.165, 1.54) is 12.1 Å². The lowest BCUT2D eigenvalue weighted by Crippen LogP contribution is -2.53. The van der Waals surface area contributed by atoms with E-state index < -0.39 is 10.7 Å². The van der Waals surface area contributed by atoms with E-state index in [9.17, 15) is 14.5 Å². The molecule has 0 aromatic heterocycles. The summed E-state index contributed by atoms with van der Waals surface area (Å²) in [6, 6.07) is 3.36. The minimum absolute atomic E-state index is 0.0950. The van der Waals surface area contributed by atoms with Crippen molar-refractivity contribution in [1.29, 1.82) is 0 Å². The van der Waals surface area contributed by atoms with Crippen LogP contribution < -0.4 is 4.74 Å². The lowest BCUT2D eigenvalue weighted by atomic mass is 9.69. The van der Waals surface area contributed by atoms with E-state index in [2.05, 4.69) is 15.9 Å². The average Bonchev–Trinajstić information content (AvgIpc) is 2.30. The minimum atomic E-state index is -0.639. The van der Waals surface area contributed by atoms with Gasteiger partial charge in [0.2, 0.25) is 0 Å². The molecule has 0 radical (unpaired) electrons. The summed E-state index contributed by atoms with van der Waals surface area (Å²) < 4.78 is 18.6. The van der Waals surface area contributed by atoms with E-state index in [0.717, 1.165) is 12.5 Å². The Bertz CT molecular complexity index is 492. The summed E-state index contributed by atoms with van der Waals surface area (Å²) >= 11 is 3.52. The Balaban J connectivity index is 2.23. The second kappa shape index (κ2) is 4.50. The molecule has 6 heteroatoms. The molecule has 98 valence electrons. The van der Waals surface area contributed by atoms with Crippen LogP contribution in [0, 0.1) is 21.3 Å². The molecule has 0 aliphatic heterocycles. The van der Waals surface area contributed by atoms with Crippen molar-refractivity contribution in [3.05, 3.63) is 34.1 Å². The monoisotopic (exact) mass is 317 g/mol. The van der Waals surface area contributed by atoms with Crippen molar-refractivity contribution in [3.8, 4) is 5.75 Å². The first-order chi connectivity index (χ1) is 8.32. The molecule has 1 aromatic rings. The van der Waals surface area contributed by atoms with Crippen molar-refractivity contribution in [3.63, 3.8) is 0 Å². The number of hydrogen-bond donors (Lipinski definition) is 0. The Hall–Kier alpha value is -1.17. The molecule has 0 heterocycles. The molecule has 0 bridgehead atoms. The van der Waals surface area contributed by atoms with E-state index in [-0.39, 0.29) is 23.0 Å². The van der Waals surface area contributed by atoms with Crippen molar-refractivity contribution in [2.45, 2.75) is 31.2 Å². The normalized spacial score (nSPS) is 25.3. The minimum Gasteiger partial charge on any atom is -0.483 e. The van der Waals surface area contributed by atoms with Crippen molar-refractivity contribution < 1.29 is 14.1 Å². The molecule has 1 fully saturated rings. The van der Waals surface area contributed by atoms with Crippen LogP contribution in [0.5, 0.6) is 5.75 Å².